The van der Waals surface area contributed by atoms with E-state index in [0.29, 0.717) is 24.2 Å². The Hall–Kier alpha value is -2.60. The summed E-state index contributed by atoms with van der Waals surface area (Å²) in [7, 11) is 1.38. The van der Waals surface area contributed by atoms with Crippen molar-refractivity contribution in [1.82, 2.24) is 9.80 Å². The normalized spacial score (nSPS) is 15.3. The van der Waals surface area contributed by atoms with E-state index < -0.39 is 0 Å². The zero-order valence-electron chi connectivity index (χ0n) is 13.6. The first-order valence-corrected chi connectivity index (χ1v) is 7.88. The fourth-order valence-corrected chi connectivity index (χ4v) is 2.85. The van der Waals surface area contributed by atoms with Crippen LogP contribution in [0.1, 0.15) is 26.3 Å². The van der Waals surface area contributed by atoms with E-state index in [4.69, 9.17) is 9.15 Å². The standard InChI is InChI=1S/C18H20N2O4/c1-23-18(22)15-4-2-3-14(11-15)12-19-6-8-20(9-7-19)17(21)16-5-10-24-13-16/h2-5,10-11,13H,6-9,12H2,1H3. The molecule has 24 heavy (non-hydrogen) atoms. The van der Waals surface area contributed by atoms with Crippen LogP contribution in [0.4, 0.5) is 0 Å². The zero-order chi connectivity index (χ0) is 16.9. The number of ether oxygens (including phenoxy) is 1. The molecule has 1 amide bonds. The van der Waals surface area contributed by atoms with Crippen molar-refractivity contribution < 1.29 is 18.7 Å². The predicted molar refractivity (Wildman–Crippen MR) is 87.7 cm³/mol. The fraction of sp³-hybridized carbons (Fsp3) is 0.333. The monoisotopic (exact) mass is 328 g/mol. The highest BCUT2D eigenvalue weighted by Crippen LogP contribution is 2.13. The summed E-state index contributed by atoms with van der Waals surface area (Å²) in [6.07, 6.45) is 2.99. The van der Waals surface area contributed by atoms with Gasteiger partial charge in [0.25, 0.3) is 5.91 Å². The Morgan fingerprint density at radius 1 is 1.12 bits per heavy atom. The SMILES string of the molecule is COC(=O)c1cccc(CN2CCN(C(=O)c3ccoc3)CC2)c1. The molecule has 0 spiro atoms. The molecule has 0 saturated carbocycles. The van der Waals surface area contributed by atoms with Crippen molar-refractivity contribution in [2.45, 2.75) is 6.54 Å². The molecule has 1 saturated heterocycles. The first kappa shape index (κ1) is 16.3. The van der Waals surface area contributed by atoms with E-state index in [9.17, 15) is 9.59 Å². The molecule has 6 nitrogen and oxygen atoms in total. The Balaban J connectivity index is 1.56. The average Bonchev–Trinajstić information content (AvgIpc) is 3.16. The number of rotatable bonds is 4. The Labute approximate surface area is 140 Å². The van der Waals surface area contributed by atoms with Crippen molar-refractivity contribution in [3.63, 3.8) is 0 Å². The molecule has 1 fully saturated rings. The summed E-state index contributed by atoms with van der Waals surface area (Å²) in [5.74, 6) is -0.316. The molecule has 1 aromatic carbocycles. The Morgan fingerprint density at radius 2 is 1.92 bits per heavy atom. The molecule has 0 radical (unpaired) electrons. The van der Waals surface area contributed by atoms with Gasteiger partial charge in [0.1, 0.15) is 6.26 Å². The van der Waals surface area contributed by atoms with Crippen LogP contribution in [0.15, 0.2) is 47.3 Å². The molecule has 2 aromatic rings. The number of hydrogen-bond acceptors (Lipinski definition) is 5. The number of furan rings is 1. The van der Waals surface area contributed by atoms with E-state index in [0.717, 1.165) is 25.2 Å². The molecular formula is C18H20N2O4. The van der Waals surface area contributed by atoms with Crippen molar-refractivity contribution in [2.75, 3.05) is 33.3 Å². The van der Waals surface area contributed by atoms with Crippen LogP contribution in [-0.4, -0.2) is 55.0 Å². The summed E-state index contributed by atoms with van der Waals surface area (Å²) in [5.41, 5.74) is 2.21. The molecule has 1 aliphatic heterocycles. The van der Waals surface area contributed by atoms with Gasteiger partial charge in [-0.25, -0.2) is 4.79 Å². The minimum atomic E-state index is -0.327. The summed E-state index contributed by atoms with van der Waals surface area (Å²) in [6, 6.07) is 9.15. The molecule has 0 atom stereocenters. The number of piperazine rings is 1. The Morgan fingerprint density at radius 3 is 2.58 bits per heavy atom. The topological polar surface area (TPSA) is 63.0 Å². The maximum absolute atomic E-state index is 12.3. The van der Waals surface area contributed by atoms with Crippen molar-refractivity contribution in [3.8, 4) is 0 Å². The number of nitrogens with zero attached hydrogens (tertiary/aromatic N) is 2. The zero-order valence-corrected chi connectivity index (χ0v) is 13.6. The molecule has 126 valence electrons. The van der Waals surface area contributed by atoms with Gasteiger partial charge in [0.2, 0.25) is 0 Å². The maximum atomic E-state index is 12.3. The minimum Gasteiger partial charge on any atom is -0.472 e. The lowest BCUT2D eigenvalue weighted by atomic mass is 10.1. The van der Waals surface area contributed by atoms with E-state index in [2.05, 4.69) is 4.90 Å². The highest BCUT2D eigenvalue weighted by atomic mass is 16.5. The summed E-state index contributed by atoms with van der Waals surface area (Å²) in [6.45, 7) is 3.71. The minimum absolute atomic E-state index is 0.0103. The van der Waals surface area contributed by atoms with Crippen molar-refractivity contribution in [2.24, 2.45) is 0 Å². The van der Waals surface area contributed by atoms with Crippen molar-refractivity contribution in [3.05, 3.63) is 59.5 Å². The lowest BCUT2D eigenvalue weighted by Crippen LogP contribution is -2.48. The van der Waals surface area contributed by atoms with Crippen LogP contribution in [0.2, 0.25) is 0 Å². The van der Waals surface area contributed by atoms with E-state index >= 15 is 0 Å². The van der Waals surface area contributed by atoms with Gasteiger partial charge in [-0.15, -0.1) is 0 Å². The third kappa shape index (κ3) is 3.65. The largest absolute Gasteiger partial charge is 0.472 e. The third-order valence-corrected chi connectivity index (χ3v) is 4.18. The number of hydrogen-bond donors (Lipinski definition) is 0. The lowest BCUT2D eigenvalue weighted by Gasteiger charge is -2.34. The van der Waals surface area contributed by atoms with Gasteiger partial charge in [-0.3, -0.25) is 9.69 Å². The summed E-state index contributed by atoms with van der Waals surface area (Å²) >= 11 is 0. The number of benzene rings is 1. The lowest BCUT2D eigenvalue weighted by molar-refractivity contribution is 0.0595. The highest BCUT2D eigenvalue weighted by Gasteiger charge is 2.22. The van der Waals surface area contributed by atoms with Gasteiger partial charge in [0, 0.05) is 32.7 Å². The Bertz CT molecular complexity index is 704. The van der Waals surface area contributed by atoms with E-state index in [1.54, 1.807) is 12.1 Å². The highest BCUT2D eigenvalue weighted by molar-refractivity contribution is 5.93. The van der Waals surface area contributed by atoms with Gasteiger partial charge >= 0.3 is 5.97 Å². The van der Waals surface area contributed by atoms with Gasteiger partial charge in [-0.1, -0.05) is 12.1 Å². The summed E-state index contributed by atoms with van der Waals surface area (Å²) in [5, 5.41) is 0. The van der Waals surface area contributed by atoms with Gasteiger partial charge in [-0.05, 0) is 23.8 Å². The number of methoxy groups -OCH3 is 1. The number of carbonyl (C=O) groups excluding carboxylic acids is 2. The smallest absolute Gasteiger partial charge is 0.337 e. The molecule has 1 aromatic heterocycles. The Kier molecular flexibility index (Phi) is 4.96. The average molecular weight is 328 g/mol. The number of esters is 1. The molecule has 6 heteroatoms. The van der Waals surface area contributed by atoms with E-state index in [1.807, 2.05) is 23.1 Å². The van der Waals surface area contributed by atoms with Gasteiger partial charge in [-0.2, -0.15) is 0 Å². The molecule has 0 unspecified atom stereocenters. The second-order valence-electron chi connectivity index (χ2n) is 5.77. The first-order valence-electron chi connectivity index (χ1n) is 7.88. The first-order chi connectivity index (χ1) is 11.7. The van der Waals surface area contributed by atoms with Gasteiger partial charge in [0.05, 0.1) is 24.5 Å². The summed E-state index contributed by atoms with van der Waals surface area (Å²) in [4.78, 5) is 28.0. The number of amides is 1. The van der Waals surface area contributed by atoms with Crippen LogP contribution in [0.3, 0.4) is 0 Å². The molecule has 2 heterocycles. The van der Waals surface area contributed by atoms with Crippen LogP contribution in [0.25, 0.3) is 0 Å². The van der Waals surface area contributed by atoms with E-state index in [1.165, 1.54) is 19.6 Å². The van der Waals surface area contributed by atoms with Crippen LogP contribution in [-0.2, 0) is 11.3 Å². The van der Waals surface area contributed by atoms with Gasteiger partial charge < -0.3 is 14.1 Å². The molecule has 0 aliphatic carbocycles. The van der Waals surface area contributed by atoms with Crippen LogP contribution >= 0.6 is 0 Å². The quantitative estimate of drug-likeness (QED) is 0.804. The van der Waals surface area contributed by atoms with Crippen LogP contribution in [0.5, 0.6) is 0 Å². The maximum Gasteiger partial charge on any atom is 0.337 e. The van der Waals surface area contributed by atoms with Crippen molar-refractivity contribution >= 4 is 11.9 Å². The summed E-state index contributed by atoms with van der Waals surface area (Å²) < 4.78 is 9.72. The van der Waals surface area contributed by atoms with Crippen molar-refractivity contribution in [1.29, 1.82) is 0 Å². The van der Waals surface area contributed by atoms with Crippen LogP contribution in [0, 0.1) is 0 Å². The molecule has 0 bridgehead atoms. The third-order valence-electron chi connectivity index (χ3n) is 4.18. The van der Waals surface area contributed by atoms with E-state index in [-0.39, 0.29) is 11.9 Å². The second-order valence-corrected chi connectivity index (χ2v) is 5.77. The molecular weight excluding hydrogens is 308 g/mol. The number of carbonyl (C=O) groups is 2. The molecule has 3 rings (SSSR count). The fourth-order valence-electron chi connectivity index (χ4n) is 2.85. The van der Waals surface area contributed by atoms with Crippen LogP contribution < -0.4 is 0 Å². The molecule has 1 aliphatic rings. The molecule has 0 N–H and O–H groups in total. The van der Waals surface area contributed by atoms with Gasteiger partial charge in [0.15, 0.2) is 0 Å². The predicted octanol–water partition coefficient (Wildman–Crippen LogP) is 2.02. The second kappa shape index (κ2) is 7.31.